The number of rotatable bonds is 6. The van der Waals surface area contributed by atoms with Crippen LogP contribution in [0.2, 0.25) is 19.6 Å². The number of carbonyl (C=O) groups excluding carboxylic acids is 2. The van der Waals surface area contributed by atoms with Crippen molar-refractivity contribution in [2.75, 3.05) is 0 Å². The molecule has 0 aliphatic carbocycles. The van der Waals surface area contributed by atoms with Gasteiger partial charge in [-0.1, -0.05) is 18.2 Å². The van der Waals surface area contributed by atoms with Gasteiger partial charge in [-0.15, -0.1) is 0 Å². The van der Waals surface area contributed by atoms with Crippen molar-refractivity contribution in [3.8, 4) is 0 Å². The molecule has 0 N–H and O–H groups in total. The van der Waals surface area contributed by atoms with E-state index in [1.807, 2.05) is 19.6 Å². The van der Waals surface area contributed by atoms with Crippen LogP contribution in [0.25, 0.3) is 0 Å². The van der Waals surface area contributed by atoms with Crippen LogP contribution in [0.1, 0.15) is 17.3 Å². The van der Waals surface area contributed by atoms with E-state index in [-0.39, 0.29) is 0 Å². The van der Waals surface area contributed by atoms with Crippen LogP contribution in [0.3, 0.4) is 0 Å². The Hall–Kier alpha value is -1.42. The molecule has 1 fully saturated rings. The molecule has 1 heterocycles. The minimum Gasteiger partial charge on any atom is -0.458 e. The van der Waals surface area contributed by atoms with E-state index in [0.717, 1.165) is 0 Å². The quantitative estimate of drug-likeness (QED) is 0.312. The number of benzene rings is 1. The summed E-state index contributed by atoms with van der Waals surface area (Å²) in [6.07, 6.45) is -1.93. The maximum Gasteiger partial charge on any atom is 0.338 e. The molecule has 0 aromatic heterocycles. The van der Waals surface area contributed by atoms with Crippen LogP contribution in [0.5, 0.6) is 0 Å². The van der Waals surface area contributed by atoms with E-state index in [1.165, 1.54) is 6.92 Å². The summed E-state index contributed by atoms with van der Waals surface area (Å²) in [6, 6.07) is 8.31. The fourth-order valence-corrected chi connectivity index (χ4v) is 4.74. The molecule has 138 valence electrons. The standard InChI is InChI=1S/C15H20ClNO6SSi/c1-10(22-15(19)11-8-6-5-7-9-11)12-13(18)17(24(16,20)21)14(12)23-25(2,3)4/h5-10,12,14H,1-4H3. The third-order valence-electron chi connectivity index (χ3n) is 3.56. The first-order valence-corrected chi connectivity index (χ1v) is 13.3. The van der Waals surface area contributed by atoms with Crippen molar-refractivity contribution in [1.82, 2.24) is 4.31 Å². The number of halogens is 1. The molecule has 1 aromatic rings. The fourth-order valence-electron chi connectivity index (χ4n) is 2.49. The summed E-state index contributed by atoms with van der Waals surface area (Å²) in [6.45, 7) is 7.09. The molecule has 1 amide bonds. The number of ether oxygens (including phenoxy) is 1. The molecular weight excluding hydrogens is 386 g/mol. The zero-order valence-electron chi connectivity index (χ0n) is 14.3. The Morgan fingerprint density at radius 2 is 1.80 bits per heavy atom. The van der Waals surface area contributed by atoms with Crippen molar-refractivity contribution in [2.24, 2.45) is 5.92 Å². The van der Waals surface area contributed by atoms with Crippen LogP contribution in [-0.4, -0.2) is 45.2 Å². The Kier molecular flexibility index (Phi) is 5.62. The highest BCUT2D eigenvalue weighted by atomic mass is 35.7. The van der Waals surface area contributed by atoms with E-state index in [4.69, 9.17) is 19.8 Å². The molecule has 1 aliphatic rings. The average molecular weight is 406 g/mol. The van der Waals surface area contributed by atoms with Crippen molar-refractivity contribution < 1.29 is 27.2 Å². The van der Waals surface area contributed by atoms with Gasteiger partial charge >= 0.3 is 15.2 Å². The fraction of sp³-hybridized carbons (Fsp3) is 0.467. The Bertz CT molecular complexity index is 764. The highest BCUT2D eigenvalue weighted by Gasteiger charge is 2.58. The Morgan fingerprint density at radius 1 is 1.24 bits per heavy atom. The van der Waals surface area contributed by atoms with E-state index in [1.54, 1.807) is 30.3 Å². The molecule has 10 heteroatoms. The van der Waals surface area contributed by atoms with E-state index in [2.05, 4.69) is 0 Å². The van der Waals surface area contributed by atoms with Gasteiger partial charge in [-0.3, -0.25) is 4.79 Å². The zero-order valence-corrected chi connectivity index (χ0v) is 16.9. The molecule has 3 atom stereocenters. The van der Waals surface area contributed by atoms with Crippen LogP contribution >= 0.6 is 10.7 Å². The molecule has 1 saturated heterocycles. The minimum atomic E-state index is -4.27. The van der Waals surface area contributed by atoms with Crippen molar-refractivity contribution in [3.63, 3.8) is 0 Å². The topological polar surface area (TPSA) is 90.0 Å². The minimum absolute atomic E-state index is 0.339. The lowest BCUT2D eigenvalue weighted by Gasteiger charge is -2.47. The number of hydrogen-bond donors (Lipinski definition) is 0. The van der Waals surface area contributed by atoms with E-state index >= 15 is 0 Å². The van der Waals surface area contributed by atoms with Gasteiger partial charge in [0.05, 0.1) is 5.56 Å². The van der Waals surface area contributed by atoms with Crippen molar-refractivity contribution in [1.29, 1.82) is 0 Å². The summed E-state index contributed by atoms with van der Waals surface area (Å²) in [7, 11) is -1.13. The van der Waals surface area contributed by atoms with E-state index in [9.17, 15) is 18.0 Å². The molecular formula is C15H20ClNO6SSi. The van der Waals surface area contributed by atoms with Gasteiger partial charge < -0.3 is 9.16 Å². The largest absolute Gasteiger partial charge is 0.458 e. The first kappa shape index (κ1) is 19.9. The monoisotopic (exact) mass is 405 g/mol. The van der Waals surface area contributed by atoms with Crippen molar-refractivity contribution in [2.45, 2.75) is 38.9 Å². The SMILES string of the molecule is CC(OC(=O)c1ccccc1)C1C(=O)N(S(=O)(=O)Cl)C1O[Si](C)(C)C. The molecule has 1 aromatic carbocycles. The van der Waals surface area contributed by atoms with Crippen molar-refractivity contribution >= 4 is 40.1 Å². The number of β-lactam (4-membered cyclic amide) rings is 1. The van der Waals surface area contributed by atoms with Gasteiger partial charge in [-0.25, -0.2) is 4.79 Å². The van der Waals surface area contributed by atoms with Gasteiger partial charge in [0, 0.05) is 10.7 Å². The Morgan fingerprint density at radius 3 is 2.28 bits per heavy atom. The number of esters is 1. The lowest BCUT2D eigenvalue weighted by molar-refractivity contribution is -0.171. The molecule has 2 rings (SSSR count). The van der Waals surface area contributed by atoms with Gasteiger partial charge in [0.2, 0.25) is 0 Å². The number of carbonyl (C=O) groups is 2. The second-order valence-corrected chi connectivity index (χ2v) is 13.5. The van der Waals surface area contributed by atoms with Crippen LogP contribution in [0, 0.1) is 5.92 Å². The predicted octanol–water partition coefficient (Wildman–Crippen LogP) is 2.35. The zero-order chi connectivity index (χ0) is 19.0. The normalized spacial score (nSPS) is 22.3. The van der Waals surface area contributed by atoms with Crippen LogP contribution in [-0.2, 0) is 23.2 Å². The molecule has 0 saturated carbocycles. The van der Waals surface area contributed by atoms with Crippen molar-refractivity contribution in [3.05, 3.63) is 35.9 Å². The lowest BCUT2D eigenvalue weighted by atomic mass is 9.93. The molecule has 7 nitrogen and oxygen atoms in total. The second kappa shape index (κ2) is 7.06. The molecule has 1 aliphatic heterocycles. The highest BCUT2D eigenvalue weighted by molar-refractivity contribution is 8.12. The summed E-state index contributed by atoms with van der Waals surface area (Å²) in [5.41, 5.74) is 0.339. The maximum atomic E-state index is 12.3. The van der Waals surface area contributed by atoms with Crippen LogP contribution < -0.4 is 0 Å². The first-order chi connectivity index (χ1) is 11.4. The number of nitrogens with zero attached hydrogens (tertiary/aromatic N) is 1. The number of amides is 1. The third kappa shape index (κ3) is 4.60. The summed E-state index contributed by atoms with van der Waals surface area (Å²) < 4.78 is 34.9. The van der Waals surface area contributed by atoms with Crippen LogP contribution in [0.4, 0.5) is 0 Å². The molecule has 0 radical (unpaired) electrons. The molecule has 3 unspecified atom stereocenters. The average Bonchev–Trinajstić information content (AvgIpc) is 2.44. The van der Waals surface area contributed by atoms with Crippen LogP contribution in [0.15, 0.2) is 30.3 Å². The smallest absolute Gasteiger partial charge is 0.338 e. The van der Waals surface area contributed by atoms with E-state index in [0.29, 0.717) is 9.87 Å². The predicted molar refractivity (Wildman–Crippen MR) is 94.6 cm³/mol. The van der Waals surface area contributed by atoms with Gasteiger partial charge in [0.1, 0.15) is 12.0 Å². The van der Waals surface area contributed by atoms with Gasteiger partial charge in [-0.05, 0) is 38.7 Å². The summed E-state index contributed by atoms with van der Waals surface area (Å²) in [5.74, 6) is -2.26. The lowest BCUT2D eigenvalue weighted by Crippen LogP contribution is -2.68. The highest BCUT2D eigenvalue weighted by Crippen LogP contribution is 2.37. The maximum absolute atomic E-state index is 12.3. The van der Waals surface area contributed by atoms with Gasteiger partial charge in [-0.2, -0.15) is 12.7 Å². The first-order valence-electron chi connectivity index (χ1n) is 7.63. The molecule has 25 heavy (non-hydrogen) atoms. The summed E-state index contributed by atoms with van der Waals surface area (Å²) in [5, 5.41) is 0. The summed E-state index contributed by atoms with van der Waals surface area (Å²) >= 11 is 0. The Balaban J connectivity index is 2.18. The summed E-state index contributed by atoms with van der Waals surface area (Å²) in [4.78, 5) is 24.4. The third-order valence-corrected chi connectivity index (χ3v) is 5.81. The molecule has 0 bridgehead atoms. The van der Waals surface area contributed by atoms with Gasteiger partial charge in [0.15, 0.2) is 14.5 Å². The molecule has 0 spiro atoms. The number of hydrogen-bond acceptors (Lipinski definition) is 6. The van der Waals surface area contributed by atoms with Gasteiger partial charge in [0.25, 0.3) is 5.91 Å². The Labute approximate surface area is 152 Å². The second-order valence-electron chi connectivity index (χ2n) is 6.70. The van der Waals surface area contributed by atoms with E-state index < -0.39 is 47.7 Å².